The second kappa shape index (κ2) is 8.84. The Labute approximate surface area is 194 Å². The molecule has 5 rings (SSSR count). The highest BCUT2D eigenvalue weighted by Gasteiger charge is 2.27. The van der Waals surface area contributed by atoms with E-state index < -0.39 is 0 Å². The third-order valence-corrected chi connectivity index (χ3v) is 7.77. The number of anilines is 4. The minimum absolute atomic E-state index is 0.567. The van der Waals surface area contributed by atoms with E-state index in [2.05, 4.69) is 82.6 Å². The molecule has 1 atom stereocenters. The Morgan fingerprint density at radius 3 is 2.44 bits per heavy atom. The zero-order chi connectivity index (χ0) is 22.2. The van der Waals surface area contributed by atoms with Crippen LogP contribution in [0.15, 0.2) is 29.6 Å². The van der Waals surface area contributed by atoms with Gasteiger partial charge in [0.2, 0.25) is 5.95 Å². The lowest BCUT2D eigenvalue weighted by Crippen LogP contribution is -2.44. The van der Waals surface area contributed by atoms with Gasteiger partial charge in [0.1, 0.15) is 10.6 Å². The molecule has 0 amide bonds. The van der Waals surface area contributed by atoms with E-state index >= 15 is 0 Å². The molecular formula is C24H33N7S. The standard InChI is InChI=1S/C24H33N7S/c1-17-16-32-23-21(17)22(31-10-9-20(15-31)28(2)3)26-24(27-23)25-18-5-7-19(8-6-18)30-13-11-29(4)12-14-30/h5-8,16,20H,9-15H2,1-4H3,(H,25,26,27). The van der Waals surface area contributed by atoms with Crippen LogP contribution in [0, 0.1) is 6.92 Å². The molecule has 0 spiro atoms. The van der Waals surface area contributed by atoms with Gasteiger partial charge in [-0.05, 0) is 69.7 Å². The van der Waals surface area contributed by atoms with Crippen molar-refractivity contribution < 1.29 is 0 Å². The highest BCUT2D eigenvalue weighted by molar-refractivity contribution is 7.17. The maximum Gasteiger partial charge on any atom is 0.230 e. The number of aryl methyl sites for hydroxylation is 1. The van der Waals surface area contributed by atoms with Gasteiger partial charge in [-0.15, -0.1) is 11.3 Å². The number of nitrogens with one attached hydrogen (secondary N) is 1. The Morgan fingerprint density at radius 1 is 1.00 bits per heavy atom. The van der Waals surface area contributed by atoms with Gasteiger partial charge in [0.15, 0.2) is 0 Å². The smallest absolute Gasteiger partial charge is 0.230 e. The lowest BCUT2D eigenvalue weighted by molar-refractivity contribution is 0.313. The van der Waals surface area contributed by atoms with Crippen LogP contribution in [0.4, 0.5) is 23.1 Å². The van der Waals surface area contributed by atoms with Crippen LogP contribution >= 0.6 is 11.3 Å². The molecule has 1 aromatic carbocycles. The first-order valence-corrected chi connectivity index (χ1v) is 12.3. The second-order valence-corrected chi connectivity index (χ2v) is 10.1. The molecule has 2 aliphatic rings. The summed E-state index contributed by atoms with van der Waals surface area (Å²) in [7, 11) is 6.52. The fraction of sp³-hybridized carbons (Fsp3) is 0.500. The molecule has 4 heterocycles. The van der Waals surface area contributed by atoms with Gasteiger partial charge in [0.25, 0.3) is 0 Å². The Morgan fingerprint density at radius 2 is 1.75 bits per heavy atom. The normalized spacial score (nSPS) is 20.0. The van der Waals surface area contributed by atoms with Crippen molar-refractivity contribution in [3.05, 3.63) is 35.2 Å². The van der Waals surface area contributed by atoms with Crippen molar-refractivity contribution in [2.24, 2.45) is 0 Å². The fourth-order valence-electron chi connectivity index (χ4n) is 4.65. The quantitative estimate of drug-likeness (QED) is 0.636. The summed E-state index contributed by atoms with van der Waals surface area (Å²) in [5, 5.41) is 6.85. The number of nitrogens with zero attached hydrogens (tertiary/aromatic N) is 6. The van der Waals surface area contributed by atoms with Crippen molar-refractivity contribution in [2.75, 3.05) is 75.5 Å². The molecule has 0 saturated carbocycles. The average Bonchev–Trinajstić information content (AvgIpc) is 3.42. The first kappa shape index (κ1) is 21.4. The lowest BCUT2D eigenvalue weighted by Gasteiger charge is -2.34. The first-order valence-electron chi connectivity index (χ1n) is 11.5. The van der Waals surface area contributed by atoms with Crippen LogP contribution in [-0.2, 0) is 0 Å². The molecule has 1 unspecified atom stereocenters. The van der Waals surface area contributed by atoms with E-state index in [1.54, 1.807) is 11.3 Å². The zero-order valence-corrected chi connectivity index (χ0v) is 20.3. The molecule has 0 aliphatic carbocycles. The van der Waals surface area contributed by atoms with Crippen molar-refractivity contribution in [1.29, 1.82) is 0 Å². The SMILES string of the molecule is Cc1csc2nc(Nc3ccc(N4CCN(C)CC4)cc3)nc(N3CCC(N(C)C)C3)c12. The molecule has 0 radical (unpaired) electrons. The van der Waals surface area contributed by atoms with Gasteiger partial charge in [-0.1, -0.05) is 0 Å². The summed E-state index contributed by atoms with van der Waals surface area (Å²) in [5.41, 5.74) is 3.56. The average molecular weight is 452 g/mol. The van der Waals surface area contributed by atoms with Crippen LogP contribution in [0.25, 0.3) is 10.2 Å². The Balaban J connectivity index is 1.38. The third kappa shape index (κ3) is 4.27. The van der Waals surface area contributed by atoms with E-state index in [9.17, 15) is 0 Å². The van der Waals surface area contributed by atoms with Crippen molar-refractivity contribution >= 4 is 44.7 Å². The van der Waals surface area contributed by atoms with Gasteiger partial charge in [-0.3, -0.25) is 0 Å². The van der Waals surface area contributed by atoms with E-state index in [0.717, 1.165) is 62.0 Å². The summed E-state index contributed by atoms with van der Waals surface area (Å²) in [6, 6.07) is 9.24. The van der Waals surface area contributed by atoms with Crippen molar-refractivity contribution in [3.63, 3.8) is 0 Å². The molecule has 32 heavy (non-hydrogen) atoms. The maximum atomic E-state index is 5.00. The summed E-state index contributed by atoms with van der Waals surface area (Å²) in [6.45, 7) is 8.58. The summed E-state index contributed by atoms with van der Waals surface area (Å²) >= 11 is 1.70. The molecule has 7 nitrogen and oxygen atoms in total. The number of likely N-dealkylation sites (N-methyl/N-ethyl adjacent to an activating group) is 2. The summed E-state index contributed by atoms with van der Waals surface area (Å²) < 4.78 is 0. The number of aromatic nitrogens is 2. The molecule has 170 valence electrons. The van der Waals surface area contributed by atoms with E-state index in [4.69, 9.17) is 9.97 Å². The Hall–Kier alpha value is -2.42. The second-order valence-electron chi connectivity index (χ2n) is 9.28. The molecule has 0 bridgehead atoms. The Kier molecular flexibility index (Phi) is 5.92. The van der Waals surface area contributed by atoms with E-state index in [1.807, 2.05) is 0 Å². The van der Waals surface area contributed by atoms with Crippen molar-refractivity contribution in [1.82, 2.24) is 19.8 Å². The molecule has 8 heteroatoms. The minimum Gasteiger partial charge on any atom is -0.369 e. The highest BCUT2D eigenvalue weighted by Crippen LogP contribution is 2.35. The van der Waals surface area contributed by atoms with E-state index in [-0.39, 0.29) is 0 Å². The van der Waals surface area contributed by atoms with Crippen LogP contribution in [0.3, 0.4) is 0 Å². The van der Waals surface area contributed by atoms with Gasteiger partial charge < -0.3 is 24.9 Å². The van der Waals surface area contributed by atoms with Gasteiger partial charge >= 0.3 is 0 Å². The summed E-state index contributed by atoms with van der Waals surface area (Å²) in [5.74, 6) is 1.74. The predicted molar refractivity (Wildman–Crippen MR) is 136 cm³/mol. The van der Waals surface area contributed by atoms with Gasteiger partial charge in [0.05, 0.1) is 5.39 Å². The lowest BCUT2D eigenvalue weighted by atomic mass is 10.2. The minimum atomic E-state index is 0.567. The molecule has 2 fully saturated rings. The largest absolute Gasteiger partial charge is 0.369 e. The Bertz CT molecular complexity index is 1070. The third-order valence-electron chi connectivity index (χ3n) is 6.78. The molecule has 1 N–H and O–H groups in total. The van der Waals surface area contributed by atoms with Gasteiger partial charge in [-0.25, -0.2) is 4.98 Å². The number of hydrogen-bond donors (Lipinski definition) is 1. The van der Waals surface area contributed by atoms with Crippen LogP contribution in [-0.4, -0.2) is 86.2 Å². The molecule has 2 aliphatic heterocycles. The van der Waals surface area contributed by atoms with E-state index in [1.165, 1.54) is 16.6 Å². The predicted octanol–water partition coefficient (Wildman–Crippen LogP) is 3.64. The molecule has 3 aromatic rings. The number of piperazine rings is 1. The zero-order valence-electron chi connectivity index (χ0n) is 19.5. The molecule has 2 aromatic heterocycles. The summed E-state index contributed by atoms with van der Waals surface area (Å²) in [6.07, 6.45) is 1.16. The van der Waals surface area contributed by atoms with Crippen LogP contribution in [0.1, 0.15) is 12.0 Å². The topological polar surface area (TPSA) is 50.8 Å². The van der Waals surface area contributed by atoms with Crippen molar-refractivity contribution in [3.8, 4) is 0 Å². The number of thiophene rings is 1. The number of rotatable bonds is 5. The summed E-state index contributed by atoms with van der Waals surface area (Å²) in [4.78, 5) is 20.5. The fourth-order valence-corrected chi connectivity index (χ4v) is 5.57. The first-order chi connectivity index (χ1) is 15.5. The monoisotopic (exact) mass is 451 g/mol. The van der Waals surface area contributed by atoms with E-state index in [0.29, 0.717) is 12.0 Å². The van der Waals surface area contributed by atoms with Gasteiger partial charge in [-0.2, -0.15) is 4.98 Å². The maximum absolute atomic E-state index is 5.00. The molecular weight excluding hydrogens is 418 g/mol. The number of hydrogen-bond acceptors (Lipinski definition) is 8. The number of benzene rings is 1. The molecule has 2 saturated heterocycles. The van der Waals surface area contributed by atoms with Crippen LogP contribution < -0.4 is 15.1 Å². The van der Waals surface area contributed by atoms with Gasteiger partial charge in [0, 0.05) is 56.7 Å². The highest BCUT2D eigenvalue weighted by atomic mass is 32.1. The van der Waals surface area contributed by atoms with Crippen molar-refractivity contribution in [2.45, 2.75) is 19.4 Å². The van der Waals surface area contributed by atoms with Crippen LogP contribution in [0.2, 0.25) is 0 Å². The van der Waals surface area contributed by atoms with Crippen LogP contribution in [0.5, 0.6) is 0 Å². The number of fused-ring (bicyclic) bond motifs is 1.